The Labute approximate surface area is 135 Å². The lowest BCUT2D eigenvalue weighted by atomic mass is 9.83. The molecule has 4 rings (SSSR count). The molecule has 23 heavy (non-hydrogen) atoms. The van der Waals surface area contributed by atoms with Crippen molar-refractivity contribution in [3.8, 4) is 11.3 Å². The number of rotatable bonds is 3. The van der Waals surface area contributed by atoms with Crippen LogP contribution in [0.3, 0.4) is 0 Å². The molecule has 0 saturated heterocycles. The van der Waals surface area contributed by atoms with Crippen LogP contribution < -0.4 is 5.32 Å². The molecular weight excluding hydrogens is 288 g/mol. The van der Waals surface area contributed by atoms with E-state index in [-0.39, 0.29) is 0 Å². The summed E-state index contributed by atoms with van der Waals surface area (Å²) in [6.07, 6.45) is 12.5. The van der Waals surface area contributed by atoms with E-state index in [2.05, 4.69) is 28.6 Å². The summed E-state index contributed by atoms with van der Waals surface area (Å²) in [7, 11) is 3.98. The van der Waals surface area contributed by atoms with Crippen molar-refractivity contribution in [2.24, 2.45) is 7.05 Å². The van der Waals surface area contributed by atoms with Crippen LogP contribution in [-0.2, 0) is 7.05 Å². The number of fused-ring (bicyclic) bond motifs is 1. The highest BCUT2D eigenvalue weighted by molar-refractivity contribution is 5.62. The molecule has 6 heteroatoms. The highest BCUT2D eigenvalue weighted by Gasteiger charge is 2.25. The summed E-state index contributed by atoms with van der Waals surface area (Å²) in [5.74, 6) is 0.483. The fraction of sp³-hybridized carbons (Fsp3) is 0.471. The first-order valence-electron chi connectivity index (χ1n) is 8.25. The number of aryl methyl sites for hydroxylation is 1. The van der Waals surface area contributed by atoms with Crippen LogP contribution in [0.25, 0.3) is 16.8 Å². The second kappa shape index (κ2) is 5.77. The van der Waals surface area contributed by atoms with E-state index < -0.39 is 0 Å². The van der Waals surface area contributed by atoms with Crippen LogP contribution in [0, 0.1) is 0 Å². The monoisotopic (exact) mass is 310 g/mol. The molecule has 3 heterocycles. The molecule has 0 radical (unpaired) electrons. The molecule has 1 fully saturated rings. The maximum atomic E-state index is 5.01. The normalized spacial score (nSPS) is 21.8. The largest absolute Gasteiger partial charge is 0.317 e. The average Bonchev–Trinajstić information content (AvgIpc) is 3.22. The van der Waals surface area contributed by atoms with E-state index in [1.165, 1.54) is 25.0 Å². The fourth-order valence-corrected chi connectivity index (χ4v) is 3.65. The molecule has 120 valence electrons. The summed E-state index contributed by atoms with van der Waals surface area (Å²) in [4.78, 5) is 5.01. The Balaban J connectivity index is 1.79. The number of aromatic nitrogens is 5. The smallest absolute Gasteiger partial charge is 0.0921 e. The van der Waals surface area contributed by atoms with Crippen LogP contribution in [0.1, 0.15) is 37.3 Å². The van der Waals surface area contributed by atoms with Crippen molar-refractivity contribution >= 4 is 5.52 Å². The zero-order valence-electron chi connectivity index (χ0n) is 13.6. The second-order valence-electron chi connectivity index (χ2n) is 6.42. The lowest BCUT2D eigenvalue weighted by molar-refractivity contribution is 0.352. The van der Waals surface area contributed by atoms with Crippen LogP contribution in [0.15, 0.2) is 30.9 Å². The van der Waals surface area contributed by atoms with Gasteiger partial charge in [0.25, 0.3) is 0 Å². The second-order valence-corrected chi connectivity index (χ2v) is 6.42. The molecule has 1 saturated carbocycles. The van der Waals surface area contributed by atoms with Gasteiger partial charge in [0.15, 0.2) is 0 Å². The van der Waals surface area contributed by atoms with Crippen LogP contribution in [0.4, 0.5) is 0 Å². The Morgan fingerprint density at radius 2 is 2.13 bits per heavy atom. The van der Waals surface area contributed by atoms with E-state index in [1.54, 1.807) is 0 Å². The van der Waals surface area contributed by atoms with Gasteiger partial charge in [-0.05, 0) is 32.4 Å². The van der Waals surface area contributed by atoms with E-state index in [0.29, 0.717) is 12.0 Å². The standard InChI is InChI=1S/C17H22N6/c1-18-14-5-3-4-12(8-14)17-16-6-7-19-23(16)11-15(21-17)13-9-20-22(2)10-13/h6-7,9-12,14,18H,3-5,8H2,1-2H3/t12-,14-/m0/s1. The van der Waals surface area contributed by atoms with Gasteiger partial charge < -0.3 is 5.32 Å². The molecule has 0 aromatic carbocycles. The molecule has 0 amide bonds. The summed E-state index contributed by atoms with van der Waals surface area (Å²) < 4.78 is 3.76. The minimum atomic E-state index is 0.483. The van der Waals surface area contributed by atoms with Crippen LogP contribution in [-0.4, -0.2) is 37.5 Å². The van der Waals surface area contributed by atoms with Crippen molar-refractivity contribution in [1.82, 2.24) is 29.7 Å². The number of nitrogens with one attached hydrogen (secondary N) is 1. The minimum Gasteiger partial charge on any atom is -0.317 e. The fourth-order valence-electron chi connectivity index (χ4n) is 3.65. The van der Waals surface area contributed by atoms with E-state index in [0.717, 1.165) is 23.2 Å². The SMILES string of the molecule is CN[C@H]1CCC[C@H](c2nc(-c3cnn(C)c3)cn3nccc23)C1. The van der Waals surface area contributed by atoms with Gasteiger partial charge in [-0.3, -0.25) is 4.68 Å². The van der Waals surface area contributed by atoms with Gasteiger partial charge in [0, 0.05) is 30.8 Å². The van der Waals surface area contributed by atoms with Crippen molar-refractivity contribution < 1.29 is 0 Å². The first kappa shape index (κ1) is 14.4. The van der Waals surface area contributed by atoms with Gasteiger partial charge in [-0.25, -0.2) is 9.50 Å². The number of nitrogens with zero attached hydrogens (tertiary/aromatic N) is 5. The molecule has 0 unspecified atom stereocenters. The molecule has 2 atom stereocenters. The molecular formula is C17H22N6. The summed E-state index contributed by atoms with van der Waals surface area (Å²) in [6, 6.07) is 2.65. The number of hydrogen-bond donors (Lipinski definition) is 1. The number of hydrogen-bond acceptors (Lipinski definition) is 4. The van der Waals surface area contributed by atoms with Crippen molar-refractivity contribution in [2.45, 2.75) is 37.6 Å². The lowest BCUT2D eigenvalue weighted by Gasteiger charge is -2.29. The topological polar surface area (TPSA) is 60.0 Å². The molecule has 1 N–H and O–H groups in total. The highest BCUT2D eigenvalue weighted by atomic mass is 15.2. The third-order valence-electron chi connectivity index (χ3n) is 4.89. The van der Waals surface area contributed by atoms with Gasteiger partial charge in [-0.2, -0.15) is 10.2 Å². The molecule has 3 aromatic heterocycles. The Hall–Kier alpha value is -2.21. The first-order valence-corrected chi connectivity index (χ1v) is 8.25. The zero-order chi connectivity index (χ0) is 15.8. The zero-order valence-corrected chi connectivity index (χ0v) is 13.6. The summed E-state index contributed by atoms with van der Waals surface area (Å²) in [6.45, 7) is 0. The van der Waals surface area contributed by atoms with E-state index in [4.69, 9.17) is 4.98 Å². The van der Waals surface area contributed by atoms with Crippen molar-refractivity contribution in [3.05, 3.63) is 36.5 Å². The Morgan fingerprint density at radius 3 is 2.91 bits per heavy atom. The van der Waals surface area contributed by atoms with Gasteiger partial charge in [0.1, 0.15) is 0 Å². The van der Waals surface area contributed by atoms with Crippen molar-refractivity contribution in [3.63, 3.8) is 0 Å². The van der Waals surface area contributed by atoms with E-state index in [9.17, 15) is 0 Å². The van der Waals surface area contributed by atoms with Crippen molar-refractivity contribution in [1.29, 1.82) is 0 Å². The van der Waals surface area contributed by atoms with Gasteiger partial charge in [0.05, 0.1) is 35.5 Å². The third kappa shape index (κ3) is 2.63. The minimum absolute atomic E-state index is 0.483. The molecule has 0 bridgehead atoms. The predicted molar refractivity (Wildman–Crippen MR) is 89.2 cm³/mol. The van der Waals surface area contributed by atoms with Crippen LogP contribution in [0.5, 0.6) is 0 Å². The van der Waals surface area contributed by atoms with Gasteiger partial charge in [-0.1, -0.05) is 6.42 Å². The molecule has 1 aliphatic carbocycles. The summed E-state index contributed by atoms with van der Waals surface area (Å²) in [5.41, 5.74) is 4.27. The maximum Gasteiger partial charge on any atom is 0.0921 e. The first-order chi connectivity index (χ1) is 11.2. The van der Waals surface area contributed by atoms with Crippen molar-refractivity contribution in [2.75, 3.05) is 7.05 Å². The van der Waals surface area contributed by atoms with Gasteiger partial charge in [0.2, 0.25) is 0 Å². The maximum absolute atomic E-state index is 5.01. The van der Waals surface area contributed by atoms with Crippen LogP contribution in [0.2, 0.25) is 0 Å². The summed E-state index contributed by atoms with van der Waals surface area (Å²) >= 11 is 0. The third-order valence-corrected chi connectivity index (χ3v) is 4.89. The lowest BCUT2D eigenvalue weighted by Crippen LogP contribution is -2.31. The molecule has 3 aromatic rings. The Morgan fingerprint density at radius 1 is 1.22 bits per heavy atom. The molecule has 0 aliphatic heterocycles. The molecule has 0 spiro atoms. The van der Waals surface area contributed by atoms with E-state index in [1.807, 2.05) is 41.0 Å². The quantitative estimate of drug-likeness (QED) is 0.807. The highest BCUT2D eigenvalue weighted by Crippen LogP contribution is 2.35. The molecule has 1 aliphatic rings. The predicted octanol–water partition coefficient (Wildman–Crippen LogP) is 2.38. The van der Waals surface area contributed by atoms with E-state index >= 15 is 0 Å². The summed E-state index contributed by atoms with van der Waals surface area (Å²) in [5, 5.41) is 12.1. The Kier molecular flexibility index (Phi) is 3.61. The van der Waals surface area contributed by atoms with Crippen LogP contribution >= 0.6 is 0 Å². The van der Waals surface area contributed by atoms with Gasteiger partial charge in [-0.15, -0.1) is 0 Å². The molecule has 6 nitrogen and oxygen atoms in total. The van der Waals surface area contributed by atoms with Gasteiger partial charge >= 0.3 is 0 Å². The Bertz CT molecular complexity index is 817. The average molecular weight is 310 g/mol.